The second-order valence-electron chi connectivity index (χ2n) is 3.91. The number of halogens is 3. The summed E-state index contributed by atoms with van der Waals surface area (Å²) in [5.74, 6) is 0.455. The lowest BCUT2D eigenvalue weighted by Crippen LogP contribution is -2.36. The molecule has 2 nitrogen and oxygen atoms in total. The summed E-state index contributed by atoms with van der Waals surface area (Å²) in [6.45, 7) is 1.14. The van der Waals surface area contributed by atoms with Gasteiger partial charge in [0, 0.05) is 6.42 Å². The Bertz CT molecular complexity index is 166. The highest BCUT2D eigenvalue weighted by Gasteiger charge is 2.27. The van der Waals surface area contributed by atoms with Crippen molar-refractivity contribution in [2.75, 3.05) is 13.1 Å². The lowest BCUT2D eigenvalue weighted by molar-refractivity contribution is -0.135. The molecular weight excluding hydrogens is 195 g/mol. The molecule has 1 aliphatic carbocycles. The summed E-state index contributed by atoms with van der Waals surface area (Å²) in [5.41, 5.74) is 0. The molecule has 14 heavy (non-hydrogen) atoms. The number of rotatable bonds is 5. The minimum atomic E-state index is -4.03. The summed E-state index contributed by atoms with van der Waals surface area (Å²) >= 11 is 0. The quantitative estimate of drug-likeness (QED) is 0.678. The van der Waals surface area contributed by atoms with Crippen LogP contribution in [-0.2, 0) is 0 Å². The molecule has 0 aromatic heterocycles. The minimum absolute atomic E-state index is 0.138. The second kappa shape index (κ2) is 4.98. The van der Waals surface area contributed by atoms with Crippen LogP contribution in [0.3, 0.4) is 0 Å². The Morgan fingerprint density at radius 2 is 1.93 bits per heavy atom. The number of hydrogen-bond acceptors (Lipinski definition) is 2. The van der Waals surface area contributed by atoms with E-state index in [-0.39, 0.29) is 12.5 Å². The molecule has 0 radical (unpaired) electrons. The van der Waals surface area contributed by atoms with Gasteiger partial charge in [0.25, 0.3) is 0 Å². The van der Waals surface area contributed by atoms with Gasteiger partial charge in [-0.25, -0.2) is 0 Å². The molecule has 0 amide bonds. The first-order valence-electron chi connectivity index (χ1n) is 4.93. The van der Waals surface area contributed by atoms with Gasteiger partial charge in [-0.1, -0.05) is 0 Å². The summed E-state index contributed by atoms with van der Waals surface area (Å²) in [6.07, 6.45) is -3.23. The largest absolute Gasteiger partial charge is 0.393 e. The van der Waals surface area contributed by atoms with Gasteiger partial charge in [-0.3, -0.25) is 0 Å². The molecule has 5 heteroatoms. The maximum atomic E-state index is 11.7. The van der Waals surface area contributed by atoms with E-state index in [4.69, 9.17) is 5.11 Å². The van der Waals surface area contributed by atoms with Crippen molar-refractivity contribution in [2.24, 2.45) is 5.92 Å². The summed E-state index contributed by atoms with van der Waals surface area (Å²) in [7, 11) is 0. The Hall–Kier alpha value is -0.290. The van der Waals surface area contributed by atoms with Crippen LogP contribution in [0.4, 0.5) is 13.2 Å². The van der Waals surface area contributed by atoms with E-state index >= 15 is 0 Å². The van der Waals surface area contributed by atoms with Crippen molar-refractivity contribution in [3.8, 4) is 0 Å². The molecule has 0 aromatic rings. The molecule has 84 valence electrons. The molecule has 2 N–H and O–H groups in total. The van der Waals surface area contributed by atoms with Gasteiger partial charge in [0.1, 0.15) is 0 Å². The fraction of sp³-hybridized carbons (Fsp3) is 1.00. The van der Waals surface area contributed by atoms with Crippen LogP contribution in [0.25, 0.3) is 0 Å². The predicted octanol–water partition coefficient (Wildman–Crippen LogP) is 1.69. The molecule has 1 rings (SSSR count). The van der Waals surface area contributed by atoms with Gasteiger partial charge in [0.2, 0.25) is 0 Å². The van der Waals surface area contributed by atoms with Crippen LogP contribution in [-0.4, -0.2) is 30.5 Å². The van der Waals surface area contributed by atoms with Crippen molar-refractivity contribution < 1.29 is 18.3 Å². The van der Waals surface area contributed by atoms with Crippen molar-refractivity contribution in [3.63, 3.8) is 0 Å². The third-order valence-corrected chi connectivity index (χ3v) is 2.46. The van der Waals surface area contributed by atoms with E-state index in [2.05, 4.69) is 5.32 Å². The third-order valence-electron chi connectivity index (χ3n) is 2.46. The van der Waals surface area contributed by atoms with Crippen LogP contribution >= 0.6 is 0 Å². The number of alkyl halides is 3. The van der Waals surface area contributed by atoms with Crippen LogP contribution in [0.2, 0.25) is 0 Å². The maximum absolute atomic E-state index is 11.7. The van der Waals surface area contributed by atoms with E-state index in [0.29, 0.717) is 12.5 Å². The van der Waals surface area contributed by atoms with Crippen LogP contribution < -0.4 is 5.32 Å². The van der Waals surface area contributed by atoms with Gasteiger partial charge < -0.3 is 10.4 Å². The summed E-state index contributed by atoms with van der Waals surface area (Å²) in [4.78, 5) is 0. The fourth-order valence-corrected chi connectivity index (χ4v) is 1.59. The van der Waals surface area contributed by atoms with Crippen LogP contribution in [0.1, 0.15) is 25.7 Å². The zero-order chi connectivity index (χ0) is 10.6. The minimum Gasteiger partial charge on any atom is -0.393 e. The normalized spacial score (nSPS) is 27.4. The highest BCUT2D eigenvalue weighted by atomic mass is 19.4. The van der Waals surface area contributed by atoms with E-state index in [9.17, 15) is 13.2 Å². The first kappa shape index (κ1) is 11.8. The number of hydrogen-bond donors (Lipinski definition) is 2. The van der Waals surface area contributed by atoms with Crippen molar-refractivity contribution >= 4 is 0 Å². The molecule has 1 fully saturated rings. The molecule has 0 unspecified atom stereocenters. The standard InChI is InChI=1S/C9H16F3NO/c10-9(11,12)2-1-3-13-6-7-4-8(14)5-7/h7-8,13-14H,1-6H2. The van der Waals surface area contributed by atoms with E-state index in [0.717, 1.165) is 19.4 Å². The third kappa shape index (κ3) is 4.81. The Morgan fingerprint density at radius 3 is 2.43 bits per heavy atom. The van der Waals surface area contributed by atoms with Crippen molar-refractivity contribution in [1.82, 2.24) is 5.32 Å². The Morgan fingerprint density at radius 1 is 1.29 bits per heavy atom. The molecule has 0 heterocycles. The van der Waals surface area contributed by atoms with Crippen molar-refractivity contribution in [2.45, 2.75) is 38.0 Å². The van der Waals surface area contributed by atoms with Gasteiger partial charge in [-0.2, -0.15) is 13.2 Å². The van der Waals surface area contributed by atoms with Gasteiger partial charge in [0.05, 0.1) is 6.10 Å². The zero-order valence-electron chi connectivity index (χ0n) is 7.98. The van der Waals surface area contributed by atoms with Gasteiger partial charge in [0.15, 0.2) is 0 Å². The van der Waals surface area contributed by atoms with E-state index in [1.807, 2.05) is 0 Å². The molecule has 0 saturated heterocycles. The van der Waals surface area contributed by atoms with Gasteiger partial charge in [-0.15, -0.1) is 0 Å². The molecule has 0 aliphatic heterocycles. The summed E-state index contributed by atoms with van der Waals surface area (Å²) in [6, 6.07) is 0. The number of nitrogens with one attached hydrogen (secondary N) is 1. The lowest BCUT2D eigenvalue weighted by atomic mass is 9.82. The monoisotopic (exact) mass is 211 g/mol. The average Bonchev–Trinajstić information content (AvgIpc) is 1.98. The Balaban J connectivity index is 1.85. The topological polar surface area (TPSA) is 32.3 Å². The second-order valence-corrected chi connectivity index (χ2v) is 3.91. The van der Waals surface area contributed by atoms with Gasteiger partial charge in [-0.05, 0) is 38.3 Å². The molecule has 0 aromatic carbocycles. The van der Waals surface area contributed by atoms with E-state index < -0.39 is 12.6 Å². The summed E-state index contributed by atoms with van der Waals surface area (Å²) in [5, 5.41) is 11.9. The fourth-order valence-electron chi connectivity index (χ4n) is 1.59. The highest BCUT2D eigenvalue weighted by molar-refractivity contribution is 4.79. The average molecular weight is 211 g/mol. The zero-order valence-corrected chi connectivity index (χ0v) is 7.98. The SMILES string of the molecule is OC1CC(CNCCCC(F)(F)F)C1. The molecule has 0 spiro atoms. The van der Waals surface area contributed by atoms with E-state index in [1.165, 1.54) is 0 Å². The van der Waals surface area contributed by atoms with Gasteiger partial charge >= 0.3 is 6.18 Å². The van der Waals surface area contributed by atoms with Crippen molar-refractivity contribution in [3.05, 3.63) is 0 Å². The number of aliphatic hydroxyl groups is 1. The first-order valence-corrected chi connectivity index (χ1v) is 4.93. The molecule has 1 aliphatic rings. The summed E-state index contributed by atoms with van der Waals surface area (Å²) < 4.78 is 35.1. The first-order chi connectivity index (χ1) is 6.47. The molecule has 0 bridgehead atoms. The highest BCUT2D eigenvalue weighted by Crippen LogP contribution is 2.26. The maximum Gasteiger partial charge on any atom is 0.389 e. The predicted molar refractivity (Wildman–Crippen MR) is 46.9 cm³/mol. The van der Waals surface area contributed by atoms with Crippen LogP contribution in [0, 0.1) is 5.92 Å². The Kier molecular flexibility index (Phi) is 4.19. The smallest absolute Gasteiger partial charge is 0.389 e. The molecule has 0 atom stereocenters. The van der Waals surface area contributed by atoms with Crippen molar-refractivity contribution in [1.29, 1.82) is 0 Å². The van der Waals surface area contributed by atoms with Crippen LogP contribution in [0.5, 0.6) is 0 Å². The van der Waals surface area contributed by atoms with E-state index in [1.54, 1.807) is 0 Å². The lowest BCUT2D eigenvalue weighted by Gasteiger charge is -2.31. The Labute approximate surface area is 81.5 Å². The van der Waals surface area contributed by atoms with Crippen LogP contribution in [0.15, 0.2) is 0 Å². The molecule has 1 saturated carbocycles. The molecular formula is C9H16F3NO. The number of aliphatic hydroxyl groups excluding tert-OH is 1.